The van der Waals surface area contributed by atoms with Crippen LogP contribution in [0.15, 0.2) is 54.6 Å². The molecule has 0 heterocycles. The molecule has 1 unspecified atom stereocenters. The van der Waals surface area contributed by atoms with Crippen molar-refractivity contribution in [1.29, 1.82) is 0 Å². The number of hydrogen-bond donors (Lipinski definition) is 1. The summed E-state index contributed by atoms with van der Waals surface area (Å²) in [6.07, 6.45) is 4.01. The fourth-order valence-corrected chi connectivity index (χ4v) is 3.87. The van der Waals surface area contributed by atoms with Crippen LogP contribution in [0.2, 0.25) is 0 Å². The van der Waals surface area contributed by atoms with Gasteiger partial charge in [0.1, 0.15) is 5.75 Å². The monoisotopic (exact) mass is 357 g/mol. The van der Waals surface area contributed by atoms with E-state index in [-0.39, 0.29) is 17.3 Å². The van der Waals surface area contributed by atoms with Crippen LogP contribution in [0, 0.1) is 5.92 Å². The average molecular weight is 358 g/mol. The van der Waals surface area contributed by atoms with Crippen LogP contribution in [-0.2, 0) is 0 Å². The molecule has 1 N–H and O–H groups in total. The van der Waals surface area contributed by atoms with E-state index in [4.69, 9.17) is 16.3 Å². The molecule has 2 aromatic rings. The number of ether oxygens (including phenoxy) is 1. The minimum Gasteiger partial charge on any atom is -0.497 e. The Morgan fingerprint density at radius 1 is 1.04 bits per heavy atom. The van der Waals surface area contributed by atoms with E-state index in [1.165, 1.54) is 0 Å². The Kier molecular flexibility index (Phi) is 5.98. The minimum atomic E-state index is 0.0108. The second-order valence-corrected chi connectivity index (χ2v) is 7.10. The van der Waals surface area contributed by atoms with Crippen molar-refractivity contribution >= 4 is 17.5 Å². The highest BCUT2D eigenvalue weighted by molar-refractivity contribution is 6.21. The van der Waals surface area contributed by atoms with Gasteiger partial charge in [-0.15, -0.1) is 11.6 Å². The topological polar surface area (TPSA) is 38.3 Å². The Bertz CT molecular complexity index is 679. The van der Waals surface area contributed by atoms with Crippen LogP contribution in [0.25, 0.3) is 0 Å². The zero-order valence-electron chi connectivity index (χ0n) is 14.5. The SMILES string of the molecule is COc1ccc(C(Cl)C2CCC(NC(=O)c3ccccc3)CC2)cc1. The van der Waals surface area contributed by atoms with Gasteiger partial charge < -0.3 is 10.1 Å². The molecule has 1 amide bonds. The molecule has 4 heteroatoms. The molecule has 1 aliphatic rings. The Hall–Kier alpha value is -2.00. The molecule has 3 rings (SSSR count). The van der Waals surface area contributed by atoms with E-state index >= 15 is 0 Å². The first-order valence-corrected chi connectivity index (χ1v) is 9.25. The summed E-state index contributed by atoms with van der Waals surface area (Å²) < 4.78 is 5.20. The number of amides is 1. The number of nitrogens with one attached hydrogen (secondary N) is 1. The Balaban J connectivity index is 1.51. The summed E-state index contributed by atoms with van der Waals surface area (Å²) in [7, 11) is 1.66. The summed E-state index contributed by atoms with van der Waals surface area (Å²) in [5.74, 6) is 1.31. The first-order chi connectivity index (χ1) is 12.2. The maximum Gasteiger partial charge on any atom is 0.251 e. The van der Waals surface area contributed by atoms with Gasteiger partial charge in [0.15, 0.2) is 0 Å². The lowest BCUT2D eigenvalue weighted by molar-refractivity contribution is 0.0921. The average Bonchev–Trinajstić information content (AvgIpc) is 2.69. The molecule has 1 aliphatic carbocycles. The van der Waals surface area contributed by atoms with Crippen molar-refractivity contribution in [1.82, 2.24) is 5.32 Å². The van der Waals surface area contributed by atoms with Crippen LogP contribution < -0.4 is 10.1 Å². The fourth-order valence-electron chi connectivity index (χ4n) is 3.47. The zero-order valence-corrected chi connectivity index (χ0v) is 15.2. The Labute approximate surface area is 154 Å². The van der Waals surface area contributed by atoms with Gasteiger partial charge in [-0.25, -0.2) is 0 Å². The van der Waals surface area contributed by atoms with E-state index in [0.717, 1.165) is 42.6 Å². The smallest absolute Gasteiger partial charge is 0.251 e. The highest BCUT2D eigenvalue weighted by Gasteiger charge is 2.28. The van der Waals surface area contributed by atoms with Crippen molar-refractivity contribution in [2.75, 3.05) is 7.11 Å². The minimum absolute atomic E-state index is 0.0108. The van der Waals surface area contributed by atoms with Crippen molar-refractivity contribution in [2.45, 2.75) is 37.1 Å². The van der Waals surface area contributed by atoms with E-state index in [0.29, 0.717) is 5.92 Å². The predicted octanol–water partition coefficient (Wildman–Crippen LogP) is 4.96. The maximum absolute atomic E-state index is 12.3. The molecule has 1 fully saturated rings. The first kappa shape index (κ1) is 17.8. The Morgan fingerprint density at radius 3 is 2.28 bits per heavy atom. The Morgan fingerprint density at radius 2 is 1.68 bits per heavy atom. The molecule has 0 aromatic heterocycles. The molecule has 2 aromatic carbocycles. The van der Waals surface area contributed by atoms with Crippen molar-refractivity contribution in [2.24, 2.45) is 5.92 Å². The van der Waals surface area contributed by atoms with Crippen LogP contribution in [0.3, 0.4) is 0 Å². The molecule has 0 radical (unpaired) electrons. The third-order valence-corrected chi connectivity index (χ3v) is 5.60. The van der Waals surface area contributed by atoms with Crippen molar-refractivity contribution < 1.29 is 9.53 Å². The zero-order chi connectivity index (χ0) is 17.6. The molecule has 25 heavy (non-hydrogen) atoms. The van der Waals surface area contributed by atoms with Crippen LogP contribution in [0.5, 0.6) is 5.75 Å². The second-order valence-electron chi connectivity index (χ2n) is 6.63. The molecule has 0 spiro atoms. The highest BCUT2D eigenvalue weighted by Crippen LogP contribution is 2.39. The van der Waals surface area contributed by atoms with Crippen LogP contribution in [0.1, 0.15) is 47.0 Å². The van der Waals surface area contributed by atoms with Gasteiger partial charge in [0, 0.05) is 11.6 Å². The number of alkyl halides is 1. The molecule has 0 saturated heterocycles. The van der Waals surface area contributed by atoms with Gasteiger partial charge in [-0.1, -0.05) is 30.3 Å². The molecule has 1 atom stereocenters. The van der Waals surface area contributed by atoms with Crippen molar-refractivity contribution in [3.63, 3.8) is 0 Å². The molecule has 1 saturated carbocycles. The summed E-state index contributed by atoms with van der Waals surface area (Å²) in [6.45, 7) is 0. The first-order valence-electron chi connectivity index (χ1n) is 8.81. The van der Waals surface area contributed by atoms with Gasteiger partial charge in [0.05, 0.1) is 12.5 Å². The molecule has 0 bridgehead atoms. The van der Waals surface area contributed by atoms with Gasteiger partial charge >= 0.3 is 0 Å². The lowest BCUT2D eigenvalue weighted by atomic mass is 9.82. The predicted molar refractivity (Wildman–Crippen MR) is 101 cm³/mol. The largest absolute Gasteiger partial charge is 0.497 e. The van der Waals surface area contributed by atoms with Crippen molar-refractivity contribution in [3.05, 3.63) is 65.7 Å². The van der Waals surface area contributed by atoms with E-state index < -0.39 is 0 Å². The summed E-state index contributed by atoms with van der Waals surface area (Å²) >= 11 is 6.70. The standard InChI is InChI=1S/C21H24ClNO2/c1-25-19-13-9-16(10-14-19)20(22)15-7-11-18(12-8-15)23-21(24)17-5-3-2-4-6-17/h2-6,9-10,13-15,18,20H,7-8,11-12H2,1H3,(H,23,24). The third kappa shape index (κ3) is 4.55. The van der Waals surface area contributed by atoms with Gasteiger partial charge in [-0.05, 0) is 61.4 Å². The lowest BCUT2D eigenvalue weighted by Crippen LogP contribution is -2.38. The molecule has 3 nitrogen and oxygen atoms in total. The summed E-state index contributed by atoms with van der Waals surface area (Å²) in [5, 5.41) is 3.16. The molecular formula is C21H24ClNO2. The number of halogens is 1. The number of carbonyl (C=O) groups excluding carboxylic acids is 1. The fraction of sp³-hybridized carbons (Fsp3) is 0.381. The van der Waals surface area contributed by atoms with Crippen LogP contribution >= 0.6 is 11.6 Å². The van der Waals surface area contributed by atoms with Crippen LogP contribution in [-0.4, -0.2) is 19.1 Å². The van der Waals surface area contributed by atoms with E-state index in [9.17, 15) is 4.79 Å². The van der Waals surface area contributed by atoms with E-state index in [1.807, 2.05) is 54.6 Å². The number of rotatable bonds is 5. The second kappa shape index (κ2) is 8.39. The van der Waals surface area contributed by atoms with Gasteiger partial charge in [0.25, 0.3) is 5.91 Å². The maximum atomic E-state index is 12.3. The number of hydrogen-bond acceptors (Lipinski definition) is 2. The number of methoxy groups -OCH3 is 1. The summed E-state index contributed by atoms with van der Waals surface area (Å²) in [5.41, 5.74) is 1.86. The van der Waals surface area contributed by atoms with Gasteiger partial charge in [-0.3, -0.25) is 4.79 Å². The van der Waals surface area contributed by atoms with Gasteiger partial charge in [-0.2, -0.15) is 0 Å². The summed E-state index contributed by atoms with van der Waals surface area (Å²) in [6, 6.07) is 17.6. The van der Waals surface area contributed by atoms with Crippen LogP contribution in [0.4, 0.5) is 0 Å². The van der Waals surface area contributed by atoms with Crippen molar-refractivity contribution in [3.8, 4) is 5.75 Å². The van der Waals surface area contributed by atoms with E-state index in [2.05, 4.69) is 5.32 Å². The van der Waals surface area contributed by atoms with E-state index in [1.54, 1.807) is 7.11 Å². The van der Waals surface area contributed by atoms with Gasteiger partial charge in [0.2, 0.25) is 0 Å². The summed E-state index contributed by atoms with van der Waals surface area (Å²) in [4.78, 5) is 12.3. The quantitative estimate of drug-likeness (QED) is 0.768. The normalized spacial score (nSPS) is 21.4. The molecular weight excluding hydrogens is 334 g/mol. The molecule has 0 aliphatic heterocycles. The lowest BCUT2D eigenvalue weighted by Gasteiger charge is -2.32. The number of benzene rings is 2. The highest BCUT2D eigenvalue weighted by atomic mass is 35.5. The number of carbonyl (C=O) groups is 1. The third-order valence-electron chi connectivity index (χ3n) is 4.99. The molecule has 132 valence electrons.